The number of benzene rings is 1. The second-order valence-electron chi connectivity index (χ2n) is 6.05. The summed E-state index contributed by atoms with van der Waals surface area (Å²) in [5, 5.41) is 1.07. The number of hydrogen-bond acceptors (Lipinski definition) is 3. The molecule has 0 aliphatic carbocycles. The number of para-hydroxylation sites is 1. The summed E-state index contributed by atoms with van der Waals surface area (Å²) in [6, 6.07) is 9.00. The van der Waals surface area contributed by atoms with Gasteiger partial charge in [-0.25, -0.2) is 0 Å². The molecule has 1 aliphatic heterocycles. The monoisotopic (exact) mass is 418 g/mol. The summed E-state index contributed by atoms with van der Waals surface area (Å²) in [5.41, 5.74) is 0.597. The molecule has 1 saturated heterocycles. The lowest BCUT2D eigenvalue weighted by Crippen LogP contribution is -2.43. The van der Waals surface area contributed by atoms with Gasteiger partial charge in [0.1, 0.15) is 0 Å². The van der Waals surface area contributed by atoms with Crippen molar-refractivity contribution < 1.29 is 13.2 Å². The normalized spacial score (nSPS) is 17.0. The van der Waals surface area contributed by atoms with Crippen molar-refractivity contribution in [2.75, 3.05) is 29.7 Å². The summed E-state index contributed by atoms with van der Waals surface area (Å²) < 4.78 is 34.8. The standard InChI is InChI=1S/C17H27BrN2O3S/c18-12-6-1-2-7-15-23-17-10-13-20(14-11-17)24(21,22)19-16-8-4-3-5-9-16/h3-5,8-9,17,19H,1-2,6-7,10-15H2. The van der Waals surface area contributed by atoms with Crippen LogP contribution in [0.1, 0.15) is 38.5 Å². The van der Waals surface area contributed by atoms with E-state index in [1.165, 1.54) is 23.6 Å². The van der Waals surface area contributed by atoms with Crippen LogP contribution in [0.3, 0.4) is 0 Å². The average molecular weight is 419 g/mol. The first kappa shape index (κ1) is 19.7. The number of nitrogens with one attached hydrogen (secondary N) is 1. The molecule has 1 heterocycles. The van der Waals surface area contributed by atoms with E-state index in [1.54, 1.807) is 12.1 Å². The predicted octanol–water partition coefficient (Wildman–Crippen LogP) is 3.78. The maximum Gasteiger partial charge on any atom is 0.301 e. The Bertz CT molecular complexity index is 560. The molecule has 0 atom stereocenters. The fraction of sp³-hybridized carbons (Fsp3) is 0.647. The van der Waals surface area contributed by atoms with Crippen LogP contribution in [0.2, 0.25) is 0 Å². The topological polar surface area (TPSA) is 58.6 Å². The highest BCUT2D eigenvalue weighted by Crippen LogP contribution is 2.19. The van der Waals surface area contributed by atoms with E-state index in [1.807, 2.05) is 18.2 Å². The smallest absolute Gasteiger partial charge is 0.301 e. The van der Waals surface area contributed by atoms with Gasteiger partial charge in [0.05, 0.1) is 6.10 Å². The minimum absolute atomic E-state index is 0.185. The third kappa shape index (κ3) is 6.70. The highest BCUT2D eigenvalue weighted by molar-refractivity contribution is 9.09. The summed E-state index contributed by atoms with van der Waals surface area (Å²) in [6.07, 6.45) is 6.43. The van der Waals surface area contributed by atoms with Crippen LogP contribution in [0.25, 0.3) is 0 Å². The molecule has 0 unspecified atom stereocenters. The molecule has 2 rings (SSSR count). The van der Waals surface area contributed by atoms with Crippen LogP contribution in [0, 0.1) is 0 Å². The molecule has 0 spiro atoms. The quantitative estimate of drug-likeness (QED) is 0.464. The van der Waals surface area contributed by atoms with Gasteiger partial charge in [-0.15, -0.1) is 0 Å². The van der Waals surface area contributed by atoms with Gasteiger partial charge in [0.2, 0.25) is 0 Å². The fourth-order valence-electron chi connectivity index (χ4n) is 2.76. The average Bonchev–Trinajstić information content (AvgIpc) is 2.59. The Hall–Kier alpha value is -0.630. The first-order valence-electron chi connectivity index (χ1n) is 8.62. The summed E-state index contributed by atoms with van der Waals surface area (Å²) in [6.45, 7) is 1.80. The first-order chi connectivity index (χ1) is 11.6. The van der Waals surface area contributed by atoms with Crippen LogP contribution in [0.4, 0.5) is 5.69 Å². The van der Waals surface area contributed by atoms with Crippen molar-refractivity contribution in [3.05, 3.63) is 30.3 Å². The summed E-state index contributed by atoms with van der Waals surface area (Å²) in [7, 11) is -3.47. The molecule has 0 bridgehead atoms. The maximum atomic E-state index is 12.4. The van der Waals surface area contributed by atoms with E-state index in [2.05, 4.69) is 20.7 Å². The number of rotatable bonds is 10. The van der Waals surface area contributed by atoms with Crippen LogP contribution in [-0.2, 0) is 14.9 Å². The van der Waals surface area contributed by atoms with Crippen molar-refractivity contribution in [3.8, 4) is 0 Å². The largest absolute Gasteiger partial charge is 0.378 e. The first-order valence-corrected chi connectivity index (χ1v) is 11.2. The molecule has 1 fully saturated rings. The van der Waals surface area contributed by atoms with Gasteiger partial charge < -0.3 is 4.74 Å². The molecule has 1 N–H and O–H groups in total. The zero-order chi connectivity index (χ0) is 17.3. The Morgan fingerprint density at radius 2 is 1.75 bits per heavy atom. The van der Waals surface area contributed by atoms with Crippen molar-refractivity contribution in [2.45, 2.75) is 44.6 Å². The SMILES string of the molecule is O=S(=O)(Nc1ccccc1)N1CCC(OCCCCCCBr)CC1. The van der Waals surface area contributed by atoms with Crippen LogP contribution in [0.15, 0.2) is 30.3 Å². The van der Waals surface area contributed by atoms with E-state index in [0.717, 1.165) is 31.2 Å². The van der Waals surface area contributed by atoms with Crippen molar-refractivity contribution in [3.63, 3.8) is 0 Å². The Balaban J connectivity index is 1.68. The van der Waals surface area contributed by atoms with Crippen LogP contribution < -0.4 is 4.72 Å². The third-order valence-corrected chi connectivity index (χ3v) is 6.24. The third-order valence-electron chi connectivity index (χ3n) is 4.14. The summed E-state index contributed by atoms with van der Waals surface area (Å²) in [4.78, 5) is 0. The van der Waals surface area contributed by atoms with Gasteiger partial charge >= 0.3 is 10.2 Å². The minimum Gasteiger partial charge on any atom is -0.378 e. The number of hydrogen-bond donors (Lipinski definition) is 1. The second kappa shape index (κ2) is 10.4. The zero-order valence-electron chi connectivity index (χ0n) is 14.0. The van der Waals surface area contributed by atoms with Gasteiger partial charge in [-0.3, -0.25) is 4.72 Å². The molecule has 1 aromatic carbocycles. The Morgan fingerprint density at radius 3 is 2.42 bits per heavy atom. The molecule has 1 aliphatic rings. The molecule has 5 nitrogen and oxygen atoms in total. The number of anilines is 1. The summed E-state index contributed by atoms with van der Waals surface area (Å²) in [5.74, 6) is 0. The highest BCUT2D eigenvalue weighted by atomic mass is 79.9. The zero-order valence-corrected chi connectivity index (χ0v) is 16.4. The van der Waals surface area contributed by atoms with E-state index >= 15 is 0 Å². The van der Waals surface area contributed by atoms with Crippen LogP contribution >= 0.6 is 15.9 Å². The van der Waals surface area contributed by atoms with Crippen molar-refractivity contribution in [2.24, 2.45) is 0 Å². The molecule has 24 heavy (non-hydrogen) atoms. The Labute approximate surface area is 154 Å². The van der Waals surface area contributed by atoms with Gasteiger partial charge in [-0.1, -0.05) is 47.0 Å². The Kier molecular flexibility index (Phi) is 8.52. The number of unbranched alkanes of at least 4 members (excludes halogenated alkanes) is 3. The number of ether oxygens (including phenoxy) is 1. The number of alkyl halides is 1. The van der Waals surface area contributed by atoms with E-state index in [-0.39, 0.29) is 6.10 Å². The number of piperidine rings is 1. The molecule has 0 amide bonds. The second-order valence-corrected chi connectivity index (χ2v) is 8.51. The predicted molar refractivity (Wildman–Crippen MR) is 102 cm³/mol. The van der Waals surface area contributed by atoms with E-state index < -0.39 is 10.2 Å². The Morgan fingerprint density at radius 1 is 1.08 bits per heavy atom. The van der Waals surface area contributed by atoms with Crippen LogP contribution in [-0.4, -0.2) is 43.9 Å². The molecule has 0 aromatic heterocycles. The van der Waals surface area contributed by atoms with Gasteiger partial charge in [0.25, 0.3) is 0 Å². The lowest BCUT2D eigenvalue weighted by Gasteiger charge is -2.31. The van der Waals surface area contributed by atoms with Gasteiger partial charge in [0.15, 0.2) is 0 Å². The molecular weight excluding hydrogens is 392 g/mol. The van der Waals surface area contributed by atoms with Crippen molar-refractivity contribution in [1.29, 1.82) is 0 Å². The summed E-state index contributed by atoms with van der Waals surface area (Å²) >= 11 is 3.43. The maximum absolute atomic E-state index is 12.4. The van der Waals surface area contributed by atoms with E-state index in [4.69, 9.17) is 4.74 Å². The molecule has 7 heteroatoms. The van der Waals surface area contributed by atoms with E-state index in [9.17, 15) is 8.42 Å². The lowest BCUT2D eigenvalue weighted by molar-refractivity contribution is 0.0194. The fourth-order valence-corrected chi connectivity index (χ4v) is 4.41. The lowest BCUT2D eigenvalue weighted by atomic mass is 10.1. The molecule has 1 aromatic rings. The van der Waals surface area contributed by atoms with E-state index in [0.29, 0.717) is 18.8 Å². The van der Waals surface area contributed by atoms with Crippen molar-refractivity contribution in [1.82, 2.24) is 4.31 Å². The molecule has 0 radical (unpaired) electrons. The van der Waals surface area contributed by atoms with Gasteiger partial charge in [-0.2, -0.15) is 12.7 Å². The highest BCUT2D eigenvalue weighted by Gasteiger charge is 2.28. The molecule has 0 saturated carbocycles. The van der Waals surface area contributed by atoms with Crippen molar-refractivity contribution >= 4 is 31.8 Å². The van der Waals surface area contributed by atoms with Gasteiger partial charge in [-0.05, 0) is 37.8 Å². The molecule has 136 valence electrons. The molecular formula is C17H27BrN2O3S. The number of nitrogens with zero attached hydrogens (tertiary/aromatic N) is 1. The van der Waals surface area contributed by atoms with Crippen LogP contribution in [0.5, 0.6) is 0 Å². The van der Waals surface area contributed by atoms with Gasteiger partial charge in [0, 0.05) is 30.7 Å². The minimum atomic E-state index is -3.47. The number of halogens is 1.